The van der Waals surface area contributed by atoms with E-state index in [2.05, 4.69) is 10.3 Å². The Morgan fingerprint density at radius 1 is 1.47 bits per heavy atom. The molecule has 0 amide bonds. The lowest BCUT2D eigenvalue weighted by Gasteiger charge is -2.11. The van der Waals surface area contributed by atoms with Crippen LogP contribution in [-0.2, 0) is 10.0 Å². The van der Waals surface area contributed by atoms with Gasteiger partial charge >= 0.3 is 5.69 Å². The van der Waals surface area contributed by atoms with Gasteiger partial charge in [0.05, 0.1) is 10.7 Å². The zero-order chi connectivity index (χ0) is 14.6. The molecule has 0 spiro atoms. The summed E-state index contributed by atoms with van der Waals surface area (Å²) in [5.41, 5.74) is 5.12. The van der Waals surface area contributed by atoms with E-state index in [9.17, 15) is 18.5 Å². The lowest BCUT2D eigenvalue weighted by Crippen LogP contribution is -2.28. The third-order valence-corrected chi connectivity index (χ3v) is 4.15. The SMILES string of the molecule is CN(C)S(=O)(=O)CCNc1ccc([N+](=O)[O-])c(N)n1. The number of rotatable bonds is 6. The number of sulfonamides is 1. The van der Waals surface area contributed by atoms with Crippen LogP contribution in [0.4, 0.5) is 17.3 Å². The number of anilines is 2. The van der Waals surface area contributed by atoms with Crippen LogP contribution in [0.25, 0.3) is 0 Å². The summed E-state index contributed by atoms with van der Waals surface area (Å²) in [7, 11) is -0.413. The summed E-state index contributed by atoms with van der Waals surface area (Å²) < 4.78 is 24.1. The number of hydrogen-bond donors (Lipinski definition) is 2. The number of nitrogen functional groups attached to an aromatic ring is 1. The van der Waals surface area contributed by atoms with Gasteiger partial charge in [-0.15, -0.1) is 0 Å². The van der Waals surface area contributed by atoms with E-state index in [4.69, 9.17) is 5.73 Å². The molecule has 0 aliphatic rings. The van der Waals surface area contributed by atoms with Crippen molar-refractivity contribution in [1.29, 1.82) is 0 Å². The highest BCUT2D eigenvalue weighted by Gasteiger charge is 2.15. The summed E-state index contributed by atoms with van der Waals surface area (Å²) in [6, 6.07) is 2.59. The van der Waals surface area contributed by atoms with Crippen molar-refractivity contribution >= 4 is 27.3 Å². The number of hydrogen-bond acceptors (Lipinski definition) is 7. The second kappa shape index (κ2) is 5.80. The minimum atomic E-state index is -3.30. The topological polar surface area (TPSA) is 131 Å². The predicted molar refractivity (Wildman–Crippen MR) is 71.3 cm³/mol. The molecule has 0 bridgehead atoms. The third kappa shape index (κ3) is 4.03. The van der Waals surface area contributed by atoms with Crippen LogP contribution in [0.1, 0.15) is 0 Å². The van der Waals surface area contributed by atoms with E-state index in [1.54, 1.807) is 0 Å². The molecule has 3 N–H and O–H groups in total. The van der Waals surface area contributed by atoms with Gasteiger partial charge in [-0.25, -0.2) is 17.7 Å². The predicted octanol–water partition coefficient (Wildman–Crippen LogP) is -0.125. The Morgan fingerprint density at radius 3 is 2.58 bits per heavy atom. The molecule has 0 atom stereocenters. The van der Waals surface area contributed by atoms with E-state index in [1.807, 2.05) is 0 Å². The molecule has 106 valence electrons. The number of pyridine rings is 1. The Hall–Kier alpha value is -1.94. The first kappa shape index (κ1) is 15.1. The molecule has 1 heterocycles. The summed E-state index contributed by atoms with van der Waals surface area (Å²) in [4.78, 5) is 13.7. The number of nitrogens with one attached hydrogen (secondary N) is 1. The monoisotopic (exact) mass is 289 g/mol. The fourth-order valence-corrected chi connectivity index (χ4v) is 1.94. The molecule has 0 fully saturated rings. The maximum atomic E-state index is 11.5. The summed E-state index contributed by atoms with van der Waals surface area (Å²) in [6.07, 6.45) is 0. The first-order valence-corrected chi connectivity index (χ1v) is 6.90. The van der Waals surface area contributed by atoms with Gasteiger partial charge in [-0.2, -0.15) is 0 Å². The highest BCUT2D eigenvalue weighted by atomic mass is 32.2. The molecule has 1 rings (SSSR count). The largest absolute Gasteiger partial charge is 0.378 e. The summed E-state index contributed by atoms with van der Waals surface area (Å²) in [6.45, 7) is 0.130. The minimum Gasteiger partial charge on any atom is -0.378 e. The van der Waals surface area contributed by atoms with E-state index in [1.165, 1.54) is 26.2 Å². The zero-order valence-corrected chi connectivity index (χ0v) is 11.3. The normalized spacial score (nSPS) is 11.5. The van der Waals surface area contributed by atoms with Crippen molar-refractivity contribution in [3.8, 4) is 0 Å². The maximum absolute atomic E-state index is 11.5. The smallest absolute Gasteiger partial charge is 0.311 e. The van der Waals surface area contributed by atoms with Gasteiger partial charge in [0, 0.05) is 26.7 Å². The van der Waals surface area contributed by atoms with E-state index in [-0.39, 0.29) is 29.6 Å². The van der Waals surface area contributed by atoms with Crippen molar-refractivity contribution in [2.75, 3.05) is 37.4 Å². The fourth-order valence-electron chi connectivity index (χ4n) is 1.21. The van der Waals surface area contributed by atoms with Gasteiger partial charge in [0.1, 0.15) is 5.82 Å². The van der Waals surface area contributed by atoms with Crippen molar-refractivity contribution in [2.24, 2.45) is 0 Å². The molecule has 0 aromatic carbocycles. The third-order valence-electron chi connectivity index (χ3n) is 2.32. The van der Waals surface area contributed by atoms with Gasteiger partial charge in [-0.05, 0) is 6.07 Å². The van der Waals surface area contributed by atoms with Crippen LogP contribution in [0.15, 0.2) is 12.1 Å². The van der Waals surface area contributed by atoms with Gasteiger partial charge in [-0.3, -0.25) is 10.1 Å². The molecular weight excluding hydrogens is 274 g/mol. The molecule has 0 saturated heterocycles. The molecular formula is C9H15N5O4S. The molecule has 1 aromatic rings. The lowest BCUT2D eigenvalue weighted by molar-refractivity contribution is -0.384. The number of nitrogens with zero attached hydrogens (tertiary/aromatic N) is 3. The Labute approximate surface area is 110 Å². The van der Waals surface area contributed by atoms with Gasteiger partial charge in [0.15, 0.2) is 0 Å². The van der Waals surface area contributed by atoms with E-state index in [0.717, 1.165) is 4.31 Å². The molecule has 0 radical (unpaired) electrons. The maximum Gasteiger partial charge on any atom is 0.311 e. The molecule has 10 heteroatoms. The van der Waals surface area contributed by atoms with Crippen LogP contribution in [0, 0.1) is 10.1 Å². The number of aromatic nitrogens is 1. The van der Waals surface area contributed by atoms with Crippen molar-refractivity contribution in [2.45, 2.75) is 0 Å². The highest BCUT2D eigenvalue weighted by molar-refractivity contribution is 7.89. The van der Waals surface area contributed by atoms with Crippen LogP contribution in [0.2, 0.25) is 0 Å². The van der Waals surface area contributed by atoms with Crippen LogP contribution in [-0.4, -0.2) is 49.0 Å². The Bertz CT molecular complexity index is 572. The molecule has 19 heavy (non-hydrogen) atoms. The van der Waals surface area contributed by atoms with E-state index >= 15 is 0 Å². The van der Waals surface area contributed by atoms with Gasteiger partial charge in [-0.1, -0.05) is 0 Å². The Morgan fingerprint density at radius 2 is 2.11 bits per heavy atom. The first-order chi connectivity index (χ1) is 8.74. The molecule has 0 unspecified atom stereocenters. The van der Waals surface area contributed by atoms with Gasteiger partial charge < -0.3 is 11.1 Å². The fraction of sp³-hybridized carbons (Fsp3) is 0.444. The summed E-state index contributed by atoms with van der Waals surface area (Å²) >= 11 is 0. The van der Waals surface area contributed by atoms with Crippen LogP contribution >= 0.6 is 0 Å². The van der Waals surface area contributed by atoms with Crippen molar-refractivity contribution in [3.63, 3.8) is 0 Å². The highest BCUT2D eigenvalue weighted by Crippen LogP contribution is 2.20. The summed E-state index contributed by atoms with van der Waals surface area (Å²) in [5.74, 6) is -0.0407. The number of nitrogens with two attached hydrogens (primary N) is 1. The van der Waals surface area contributed by atoms with E-state index < -0.39 is 14.9 Å². The van der Waals surface area contributed by atoms with Crippen molar-refractivity contribution in [1.82, 2.24) is 9.29 Å². The zero-order valence-electron chi connectivity index (χ0n) is 10.5. The van der Waals surface area contributed by atoms with Crippen LogP contribution in [0.3, 0.4) is 0 Å². The van der Waals surface area contributed by atoms with Crippen LogP contribution < -0.4 is 11.1 Å². The van der Waals surface area contributed by atoms with Crippen molar-refractivity contribution in [3.05, 3.63) is 22.2 Å². The van der Waals surface area contributed by atoms with Crippen LogP contribution in [0.5, 0.6) is 0 Å². The van der Waals surface area contributed by atoms with E-state index in [0.29, 0.717) is 0 Å². The Kier molecular flexibility index (Phi) is 4.62. The molecule has 0 aliphatic heterocycles. The molecule has 0 aliphatic carbocycles. The first-order valence-electron chi connectivity index (χ1n) is 5.29. The molecule has 0 saturated carbocycles. The average Bonchev–Trinajstić information content (AvgIpc) is 2.28. The molecule has 9 nitrogen and oxygen atoms in total. The quantitative estimate of drug-likeness (QED) is 0.551. The number of nitro groups is 1. The second-order valence-electron chi connectivity index (χ2n) is 3.88. The average molecular weight is 289 g/mol. The van der Waals surface area contributed by atoms with Crippen molar-refractivity contribution < 1.29 is 13.3 Å². The lowest BCUT2D eigenvalue weighted by atomic mass is 10.4. The molecule has 1 aromatic heterocycles. The van der Waals surface area contributed by atoms with Gasteiger partial charge in [0.25, 0.3) is 0 Å². The Balaban J connectivity index is 2.65. The summed E-state index contributed by atoms with van der Waals surface area (Å²) in [5, 5.41) is 13.3. The van der Waals surface area contributed by atoms with Gasteiger partial charge in [0.2, 0.25) is 15.8 Å². The second-order valence-corrected chi connectivity index (χ2v) is 6.19. The standard InChI is InChI=1S/C9H15N5O4S/c1-13(2)19(17,18)6-5-11-8-4-3-7(14(15)16)9(10)12-8/h3-4H,5-6H2,1-2H3,(H3,10,11,12). The minimum absolute atomic E-state index is 0.113.